The minimum absolute atomic E-state index is 0.337. The SMILES string of the molecule is CC(C)C[C@H](N)N(O)CC(=O)O. The van der Waals surface area contributed by atoms with E-state index >= 15 is 0 Å². The van der Waals surface area contributed by atoms with Gasteiger partial charge in [-0.05, 0) is 12.3 Å². The molecule has 0 aliphatic carbocycles. The fourth-order valence-corrected chi connectivity index (χ4v) is 0.860. The number of hydroxylamine groups is 2. The molecule has 0 saturated carbocycles. The Bertz CT molecular complexity index is 150. The largest absolute Gasteiger partial charge is 0.480 e. The van der Waals surface area contributed by atoms with Gasteiger partial charge in [0.05, 0.1) is 6.17 Å². The van der Waals surface area contributed by atoms with E-state index in [0.29, 0.717) is 17.4 Å². The molecule has 4 N–H and O–H groups in total. The number of carboxylic acids is 1. The Morgan fingerprint density at radius 3 is 2.42 bits per heavy atom. The molecule has 0 rings (SSSR count). The number of nitrogens with two attached hydrogens (primary N) is 1. The molecule has 5 heteroatoms. The number of rotatable bonds is 5. The third-order valence-electron chi connectivity index (χ3n) is 1.39. The van der Waals surface area contributed by atoms with E-state index in [4.69, 9.17) is 16.0 Å². The molecule has 0 amide bonds. The lowest BCUT2D eigenvalue weighted by Gasteiger charge is -2.21. The van der Waals surface area contributed by atoms with Gasteiger partial charge in [0.25, 0.3) is 0 Å². The van der Waals surface area contributed by atoms with E-state index in [1.54, 1.807) is 0 Å². The Kier molecular flexibility index (Phi) is 4.80. The maximum atomic E-state index is 10.1. The zero-order chi connectivity index (χ0) is 9.72. The van der Waals surface area contributed by atoms with Crippen LogP contribution in [0.15, 0.2) is 0 Å². The molecule has 0 bridgehead atoms. The summed E-state index contributed by atoms with van der Waals surface area (Å²) in [6.07, 6.45) is -0.0230. The molecular formula is C7H16N2O3. The first-order valence-corrected chi connectivity index (χ1v) is 3.86. The third-order valence-corrected chi connectivity index (χ3v) is 1.39. The maximum Gasteiger partial charge on any atom is 0.320 e. The van der Waals surface area contributed by atoms with Crippen LogP contribution in [0.2, 0.25) is 0 Å². The van der Waals surface area contributed by atoms with Crippen LogP contribution in [0.3, 0.4) is 0 Å². The molecule has 1 atom stereocenters. The normalized spacial score (nSPS) is 13.8. The van der Waals surface area contributed by atoms with Gasteiger partial charge in [-0.2, -0.15) is 5.06 Å². The molecule has 0 fully saturated rings. The van der Waals surface area contributed by atoms with Crippen LogP contribution in [0.1, 0.15) is 20.3 Å². The van der Waals surface area contributed by atoms with Gasteiger partial charge in [-0.3, -0.25) is 4.79 Å². The highest BCUT2D eigenvalue weighted by Crippen LogP contribution is 2.04. The number of nitrogens with zero attached hydrogens (tertiary/aromatic N) is 1. The van der Waals surface area contributed by atoms with Crippen molar-refractivity contribution >= 4 is 5.97 Å². The zero-order valence-corrected chi connectivity index (χ0v) is 7.40. The second-order valence-corrected chi connectivity index (χ2v) is 3.19. The van der Waals surface area contributed by atoms with Gasteiger partial charge < -0.3 is 16.0 Å². The number of carboxylic acid groups (broad SMARTS) is 1. The lowest BCUT2D eigenvalue weighted by atomic mass is 10.1. The summed E-state index contributed by atoms with van der Waals surface area (Å²) in [5, 5.41) is 18.0. The summed E-state index contributed by atoms with van der Waals surface area (Å²) in [6, 6.07) is 0. The van der Waals surface area contributed by atoms with Gasteiger partial charge in [-0.1, -0.05) is 13.8 Å². The highest BCUT2D eigenvalue weighted by atomic mass is 16.5. The highest BCUT2D eigenvalue weighted by Gasteiger charge is 2.15. The van der Waals surface area contributed by atoms with Crippen molar-refractivity contribution in [3.8, 4) is 0 Å². The summed E-state index contributed by atoms with van der Waals surface area (Å²) in [5.74, 6) is -0.750. The molecule has 0 saturated heterocycles. The van der Waals surface area contributed by atoms with E-state index < -0.39 is 18.7 Å². The molecule has 72 valence electrons. The van der Waals surface area contributed by atoms with Gasteiger partial charge in [-0.25, -0.2) is 0 Å². The first-order valence-electron chi connectivity index (χ1n) is 3.86. The van der Waals surface area contributed by atoms with Crippen LogP contribution in [0.25, 0.3) is 0 Å². The van der Waals surface area contributed by atoms with E-state index in [1.807, 2.05) is 13.8 Å². The Morgan fingerprint density at radius 1 is 1.58 bits per heavy atom. The molecule has 0 radical (unpaired) electrons. The Labute approximate surface area is 71.7 Å². The fourth-order valence-electron chi connectivity index (χ4n) is 0.860. The molecule has 0 aromatic carbocycles. The lowest BCUT2D eigenvalue weighted by Crippen LogP contribution is -2.43. The Balaban J connectivity index is 3.76. The Hall–Kier alpha value is -0.650. The average molecular weight is 176 g/mol. The van der Waals surface area contributed by atoms with Gasteiger partial charge in [0.15, 0.2) is 0 Å². The minimum atomic E-state index is -1.09. The molecule has 5 nitrogen and oxygen atoms in total. The van der Waals surface area contributed by atoms with E-state index in [1.165, 1.54) is 0 Å². The zero-order valence-electron chi connectivity index (χ0n) is 7.40. The average Bonchev–Trinajstić information content (AvgIpc) is 1.84. The van der Waals surface area contributed by atoms with Crippen molar-refractivity contribution in [2.24, 2.45) is 11.7 Å². The van der Waals surface area contributed by atoms with E-state index in [2.05, 4.69) is 0 Å². The van der Waals surface area contributed by atoms with Crippen molar-refractivity contribution in [2.45, 2.75) is 26.4 Å². The molecule has 0 aliphatic rings. The monoisotopic (exact) mass is 176 g/mol. The lowest BCUT2D eigenvalue weighted by molar-refractivity contribution is -0.163. The number of hydrogen-bond donors (Lipinski definition) is 3. The van der Waals surface area contributed by atoms with Crippen LogP contribution >= 0.6 is 0 Å². The second kappa shape index (κ2) is 5.08. The van der Waals surface area contributed by atoms with Crippen molar-refractivity contribution in [1.29, 1.82) is 0 Å². The summed E-state index contributed by atoms with van der Waals surface area (Å²) in [6.45, 7) is 3.47. The molecule has 0 unspecified atom stereocenters. The van der Waals surface area contributed by atoms with Crippen molar-refractivity contribution in [3.05, 3.63) is 0 Å². The van der Waals surface area contributed by atoms with Crippen molar-refractivity contribution < 1.29 is 15.1 Å². The van der Waals surface area contributed by atoms with Crippen LogP contribution in [0, 0.1) is 5.92 Å². The predicted molar refractivity (Wildman–Crippen MR) is 43.6 cm³/mol. The number of hydrogen-bond acceptors (Lipinski definition) is 4. The smallest absolute Gasteiger partial charge is 0.320 e. The van der Waals surface area contributed by atoms with E-state index in [9.17, 15) is 4.79 Å². The van der Waals surface area contributed by atoms with Crippen molar-refractivity contribution in [1.82, 2.24) is 5.06 Å². The van der Waals surface area contributed by atoms with Crippen molar-refractivity contribution in [3.63, 3.8) is 0 Å². The molecule has 12 heavy (non-hydrogen) atoms. The van der Waals surface area contributed by atoms with Crippen LogP contribution in [0.4, 0.5) is 0 Å². The topological polar surface area (TPSA) is 86.8 Å². The minimum Gasteiger partial charge on any atom is -0.480 e. The van der Waals surface area contributed by atoms with Gasteiger partial charge in [0.2, 0.25) is 0 Å². The third kappa shape index (κ3) is 5.06. The fraction of sp³-hybridized carbons (Fsp3) is 0.857. The quantitative estimate of drug-likeness (QED) is 0.408. The van der Waals surface area contributed by atoms with E-state index in [0.717, 1.165) is 0 Å². The van der Waals surface area contributed by atoms with Crippen LogP contribution < -0.4 is 5.73 Å². The van der Waals surface area contributed by atoms with Gasteiger partial charge in [-0.15, -0.1) is 0 Å². The standard InChI is InChI=1S/C7H16N2O3/c1-5(2)3-6(8)9(12)4-7(10)11/h5-6,12H,3-4,8H2,1-2H3,(H,10,11)/t6-/m1/s1. The second-order valence-electron chi connectivity index (χ2n) is 3.19. The van der Waals surface area contributed by atoms with Gasteiger partial charge in [0, 0.05) is 0 Å². The molecule has 0 aromatic heterocycles. The molecular weight excluding hydrogens is 160 g/mol. The summed E-state index contributed by atoms with van der Waals surface area (Å²) in [7, 11) is 0. The van der Waals surface area contributed by atoms with Crippen LogP contribution in [-0.2, 0) is 4.79 Å². The predicted octanol–water partition coefficient (Wildman–Crippen LogP) is 0.0931. The van der Waals surface area contributed by atoms with Crippen LogP contribution in [-0.4, -0.2) is 34.1 Å². The first-order chi connectivity index (χ1) is 5.43. The molecule has 0 aliphatic heterocycles. The molecule has 0 heterocycles. The summed E-state index contributed by atoms with van der Waals surface area (Å²) < 4.78 is 0. The van der Waals surface area contributed by atoms with Crippen LogP contribution in [0.5, 0.6) is 0 Å². The summed E-state index contributed by atoms with van der Waals surface area (Å²) in [4.78, 5) is 10.1. The Morgan fingerprint density at radius 2 is 2.08 bits per heavy atom. The van der Waals surface area contributed by atoms with Crippen molar-refractivity contribution in [2.75, 3.05) is 6.54 Å². The van der Waals surface area contributed by atoms with E-state index in [-0.39, 0.29) is 0 Å². The maximum absolute atomic E-state index is 10.1. The number of aliphatic carboxylic acids is 1. The van der Waals surface area contributed by atoms with Gasteiger partial charge in [0.1, 0.15) is 6.54 Å². The van der Waals surface area contributed by atoms with Gasteiger partial charge >= 0.3 is 5.97 Å². The highest BCUT2D eigenvalue weighted by molar-refractivity contribution is 5.68. The summed E-state index contributed by atoms with van der Waals surface area (Å²) in [5.41, 5.74) is 5.48. The molecule has 0 aromatic rings. The summed E-state index contributed by atoms with van der Waals surface area (Å²) >= 11 is 0. The first kappa shape index (κ1) is 11.4. The number of carbonyl (C=O) groups is 1. The molecule has 0 spiro atoms.